The van der Waals surface area contributed by atoms with Crippen LogP contribution in [0.1, 0.15) is 35.3 Å². The molecule has 0 saturated carbocycles. The number of rotatable bonds is 6. The van der Waals surface area contributed by atoms with Gasteiger partial charge in [0.1, 0.15) is 17.1 Å². The maximum Gasteiger partial charge on any atom is 0.417 e. The maximum absolute atomic E-state index is 13.3. The van der Waals surface area contributed by atoms with Crippen molar-refractivity contribution in [3.8, 4) is 5.75 Å². The number of methoxy groups -OCH3 is 1. The molecule has 1 heterocycles. The van der Waals surface area contributed by atoms with Crippen molar-refractivity contribution in [3.63, 3.8) is 0 Å². The summed E-state index contributed by atoms with van der Waals surface area (Å²) < 4.78 is 63.0. The second-order valence-corrected chi connectivity index (χ2v) is 8.81. The lowest BCUT2D eigenvalue weighted by Crippen LogP contribution is -2.58. The van der Waals surface area contributed by atoms with Gasteiger partial charge in [0.25, 0.3) is 5.91 Å². The van der Waals surface area contributed by atoms with E-state index in [1.807, 2.05) is 13.8 Å². The van der Waals surface area contributed by atoms with Gasteiger partial charge < -0.3 is 14.4 Å². The molecule has 35 heavy (non-hydrogen) atoms. The molecule has 1 saturated heterocycles. The summed E-state index contributed by atoms with van der Waals surface area (Å²) >= 11 is 5.70. The normalized spacial score (nSPS) is 18.9. The Kier molecular flexibility index (Phi) is 8.27. The van der Waals surface area contributed by atoms with Gasteiger partial charge in [-0.3, -0.25) is 9.69 Å². The summed E-state index contributed by atoms with van der Waals surface area (Å²) in [5.74, 6) is -2.15. The second-order valence-electron chi connectivity index (χ2n) is 8.41. The first-order valence-electron chi connectivity index (χ1n) is 10.8. The van der Waals surface area contributed by atoms with Crippen LogP contribution < -0.4 is 4.74 Å². The van der Waals surface area contributed by atoms with Crippen molar-refractivity contribution in [2.75, 3.05) is 26.8 Å². The number of halogens is 5. The Hall–Kier alpha value is -2.85. The number of benzene rings is 2. The van der Waals surface area contributed by atoms with Gasteiger partial charge in [-0.05, 0) is 43.7 Å². The van der Waals surface area contributed by atoms with Gasteiger partial charge in [-0.1, -0.05) is 23.7 Å². The molecule has 11 heteroatoms. The number of hydrogen-bond donors (Lipinski definition) is 0. The Morgan fingerprint density at radius 1 is 1.09 bits per heavy atom. The van der Waals surface area contributed by atoms with Gasteiger partial charge >= 0.3 is 12.1 Å². The van der Waals surface area contributed by atoms with Crippen LogP contribution in [0.25, 0.3) is 0 Å². The molecule has 6 nitrogen and oxygen atoms in total. The van der Waals surface area contributed by atoms with E-state index in [9.17, 15) is 27.2 Å². The molecule has 2 aromatic carbocycles. The van der Waals surface area contributed by atoms with E-state index in [1.54, 1.807) is 17.0 Å². The molecule has 0 bridgehead atoms. The number of carbonyl (C=O) groups is 2. The molecule has 2 atom stereocenters. The first kappa shape index (κ1) is 26.7. The third-order valence-electron chi connectivity index (χ3n) is 5.87. The van der Waals surface area contributed by atoms with Gasteiger partial charge in [-0.15, -0.1) is 0 Å². The van der Waals surface area contributed by atoms with Crippen molar-refractivity contribution in [3.05, 3.63) is 63.9 Å². The van der Waals surface area contributed by atoms with E-state index >= 15 is 0 Å². The fourth-order valence-corrected chi connectivity index (χ4v) is 4.24. The van der Waals surface area contributed by atoms with E-state index in [1.165, 1.54) is 12.1 Å². The maximum atomic E-state index is 13.3. The van der Waals surface area contributed by atoms with Crippen LogP contribution in [-0.2, 0) is 22.3 Å². The number of nitrogens with zero attached hydrogens (tertiary/aromatic N) is 2. The highest BCUT2D eigenvalue weighted by molar-refractivity contribution is 6.32. The third kappa shape index (κ3) is 6.43. The van der Waals surface area contributed by atoms with Crippen molar-refractivity contribution < 1.29 is 36.6 Å². The van der Waals surface area contributed by atoms with Crippen LogP contribution in [0.4, 0.5) is 17.6 Å². The smallest absolute Gasteiger partial charge is 0.417 e. The average molecular weight is 517 g/mol. The van der Waals surface area contributed by atoms with E-state index in [0.29, 0.717) is 25.7 Å². The van der Waals surface area contributed by atoms with Crippen LogP contribution in [0, 0.1) is 5.82 Å². The summed E-state index contributed by atoms with van der Waals surface area (Å²) in [5, 5.41) is -0.684. The molecule has 190 valence electrons. The minimum atomic E-state index is -4.78. The minimum absolute atomic E-state index is 0.0294. The molecular formula is C24H25ClF4N2O4. The van der Waals surface area contributed by atoms with Gasteiger partial charge in [0.15, 0.2) is 6.61 Å². The highest BCUT2D eigenvalue weighted by atomic mass is 35.5. The molecule has 0 radical (unpaired) electrons. The largest absolute Gasteiger partial charge is 0.483 e. The molecule has 0 unspecified atom stereocenters. The number of hydrogen-bond acceptors (Lipinski definition) is 5. The van der Waals surface area contributed by atoms with Gasteiger partial charge in [0.2, 0.25) is 0 Å². The lowest BCUT2D eigenvalue weighted by molar-refractivity contribution is -0.139. The van der Waals surface area contributed by atoms with Crippen molar-refractivity contribution in [1.82, 2.24) is 9.80 Å². The van der Waals surface area contributed by atoms with Gasteiger partial charge in [0, 0.05) is 31.7 Å². The van der Waals surface area contributed by atoms with Crippen LogP contribution in [0.2, 0.25) is 5.02 Å². The fourth-order valence-electron chi connectivity index (χ4n) is 3.97. The molecule has 1 fully saturated rings. The molecule has 1 amide bonds. The monoisotopic (exact) mass is 516 g/mol. The quantitative estimate of drug-likeness (QED) is 0.408. The van der Waals surface area contributed by atoms with E-state index < -0.39 is 41.0 Å². The molecule has 0 N–H and O–H groups in total. The van der Waals surface area contributed by atoms with E-state index in [0.717, 1.165) is 18.7 Å². The molecule has 1 aliphatic rings. The number of ether oxygens (including phenoxy) is 2. The average Bonchev–Trinajstić information content (AvgIpc) is 2.80. The number of amides is 1. The molecular weight excluding hydrogens is 492 g/mol. The second kappa shape index (κ2) is 10.8. The topological polar surface area (TPSA) is 59.1 Å². The van der Waals surface area contributed by atoms with E-state index in [4.69, 9.17) is 16.3 Å². The molecule has 3 rings (SSSR count). The summed E-state index contributed by atoms with van der Waals surface area (Å²) in [6, 6.07) is 7.37. The zero-order valence-corrected chi connectivity index (χ0v) is 20.1. The predicted octanol–water partition coefficient (Wildman–Crippen LogP) is 4.78. The molecule has 0 aliphatic carbocycles. The van der Waals surface area contributed by atoms with Crippen LogP contribution in [0.5, 0.6) is 5.75 Å². The molecule has 2 aromatic rings. The Morgan fingerprint density at radius 3 is 2.34 bits per heavy atom. The summed E-state index contributed by atoms with van der Waals surface area (Å²) in [6.07, 6.45) is -4.78. The van der Waals surface area contributed by atoms with Crippen molar-refractivity contribution in [2.45, 2.75) is 38.7 Å². The zero-order valence-electron chi connectivity index (χ0n) is 19.4. The summed E-state index contributed by atoms with van der Waals surface area (Å²) in [6.45, 7) is 4.71. The summed E-state index contributed by atoms with van der Waals surface area (Å²) in [4.78, 5) is 28.7. The molecule has 0 aromatic heterocycles. The fraction of sp³-hybridized carbons (Fsp3) is 0.417. The number of carbonyl (C=O) groups excluding carboxylic acids is 2. The van der Waals surface area contributed by atoms with Crippen LogP contribution in [-0.4, -0.2) is 60.6 Å². The molecule has 0 spiro atoms. The number of esters is 1. The standard InChI is InChI=1S/C24H25ClF4N2O4/c1-14-11-31(15(2)10-30(14)12-16-4-6-17(26)7-5-16)22(32)13-35-21-9-19(24(27,28)29)20(25)8-18(21)23(33)34-3/h4-9,14-15H,10-13H2,1-3H3/t14-,15+/m0/s1. The first-order valence-corrected chi connectivity index (χ1v) is 11.2. The van der Waals surface area contributed by atoms with Crippen molar-refractivity contribution >= 4 is 23.5 Å². The third-order valence-corrected chi connectivity index (χ3v) is 6.18. The van der Waals surface area contributed by atoms with Crippen molar-refractivity contribution in [1.29, 1.82) is 0 Å². The summed E-state index contributed by atoms with van der Waals surface area (Å²) in [5.41, 5.74) is -0.568. The van der Waals surface area contributed by atoms with Gasteiger partial charge in [0.05, 0.1) is 17.7 Å². The highest BCUT2D eigenvalue weighted by Gasteiger charge is 2.36. The van der Waals surface area contributed by atoms with Crippen LogP contribution in [0.3, 0.4) is 0 Å². The Labute approximate surface area is 205 Å². The van der Waals surface area contributed by atoms with Crippen LogP contribution in [0.15, 0.2) is 36.4 Å². The SMILES string of the molecule is COC(=O)c1cc(Cl)c(C(F)(F)F)cc1OCC(=O)N1C[C@H](C)N(Cc2ccc(F)cc2)C[C@H]1C. The lowest BCUT2D eigenvalue weighted by Gasteiger charge is -2.44. The van der Waals surface area contributed by atoms with E-state index in [2.05, 4.69) is 9.64 Å². The lowest BCUT2D eigenvalue weighted by atomic mass is 10.1. The Balaban J connectivity index is 1.70. The van der Waals surface area contributed by atoms with Crippen molar-refractivity contribution in [2.24, 2.45) is 0 Å². The minimum Gasteiger partial charge on any atom is -0.483 e. The number of alkyl halides is 3. The van der Waals surface area contributed by atoms with Crippen LogP contribution >= 0.6 is 11.6 Å². The predicted molar refractivity (Wildman–Crippen MR) is 121 cm³/mol. The highest BCUT2D eigenvalue weighted by Crippen LogP contribution is 2.39. The Bertz CT molecular complexity index is 1080. The number of piperazine rings is 1. The molecule has 1 aliphatic heterocycles. The van der Waals surface area contributed by atoms with Gasteiger partial charge in [-0.25, -0.2) is 9.18 Å². The van der Waals surface area contributed by atoms with E-state index in [-0.39, 0.29) is 23.5 Å². The zero-order chi connectivity index (χ0) is 25.9. The summed E-state index contributed by atoms with van der Waals surface area (Å²) in [7, 11) is 1.07. The van der Waals surface area contributed by atoms with Gasteiger partial charge in [-0.2, -0.15) is 13.2 Å². The first-order chi connectivity index (χ1) is 16.4. The Morgan fingerprint density at radius 2 is 1.74 bits per heavy atom.